The molecule has 110 valence electrons. The Morgan fingerprint density at radius 3 is 2.43 bits per heavy atom. The molecule has 0 aliphatic rings. The van der Waals surface area contributed by atoms with E-state index in [0.29, 0.717) is 17.3 Å². The van der Waals surface area contributed by atoms with Gasteiger partial charge < -0.3 is 14.2 Å². The second kappa shape index (κ2) is 6.94. The molecule has 1 aromatic heterocycles. The number of carbonyl (C=O) groups is 1. The van der Waals surface area contributed by atoms with Crippen LogP contribution in [-0.2, 0) is 0 Å². The van der Waals surface area contributed by atoms with Crippen LogP contribution in [0, 0.1) is 0 Å². The number of nitrogens with zero attached hydrogens (tertiary/aromatic N) is 2. The zero-order valence-corrected chi connectivity index (χ0v) is 12.7. The van der Waals surface area contributed by atoms with Crippen molar-refractivity contribution in [3.63, 3.8) is 0 Å². The quantitative estimate of drug-likeness (QED) is 0.649. The van der Waals surface area contributed by atoms with Gasteiger partial charge in [-0.25, -0.2) is 0 Å². The standard InChI is InChI=1S/C14H15N3O3S/c1-9(18)10-4-6-11(7-5-10)21-17-12-8-13(19-2)16-14(15-12)20-3/h4-8H,1-3H3,(H,15,16,17). The molecular weight excluding hydrogens is 290 g/mol. The fourth-order valence-corrected chi connectivity index (χ4v) is 2.12. The Balaban J connectivity index is 2.06. The summed E-state index contributed by atoms with van der Waals surface area (Å²) in [4.78, 5) is 20.3. The summed E-state index contributed by atoms with van der Waals surface area (Å²) in [6.07, 6.45) is 0. The van der Waals surface area contributed by atoms with Gasteiger partial charge in [0.15, 0.2) is 5.78 Å². The minimum absolute atomic E-state index is 0.0461. The number of carbonyl (C=O) groups excluding carboxylic acids is 1. The molecule has 0 unspecified atom stereocenters. The number of hydrogen-bond donors (Lipinski definition) is 1. The van der Waals surface area contributed by atoms with Crippen LogP contribution in [0.3, 0.4) is 0 Å². The van der Waals surface area contributed by atoms with E-state index in [1.54, 1.807) is 25.1 Å². The number of benzene rings is 1. The van der Waals surface area contributed by atoms with Gasteiger partial charge in [0.2, 0.25) is 5.88 Å². The number of aromatic nitrogens is 2. The Bertz CT molecular complexity index is 610. The zero-order valence-electron chi connectivity index (χ0n) is 11.9. The smallest absolute Gasteiger partial charge is 0.321 e. The molecule has 0 radical (unpaired) electrons. The molecule has 2 aromatic rings. The highest BCUT2D eigenvalue weighted by Crippen LogP contribution is 2.24. The maximum Gasteiger partial charge on any atom is 0.321 e. The van der Waals surface area contributed by atoms with Crippen molar-refractivity contribution in [2.24, 2.45) is 0 Å². The molecular formula is C14H15N3O3S. The summed E-state index contributed by atoms with van der Waals surface area (Å²) in [6, 6.07) is 9.19. The molecule has 0 bridgehead atoms. The summed E-state index contributed by atoms with van der Waals surface area (Å²) >= 11 is 1.37. The normalized spacial score (nSPS) is 10.0. The van der Waals surface area contributed by atoms with E-state index in [-0.39, 0.29) is 11.8 Å². The minimum atomic E-state index is 0.0461. The van der Waals surface area contributed by atoms with E-state index in [2.05, 4.69) is 14.7 Å². The first-order valence-corrected chi connectivity index (χ1v) is 6.95. The average molecular weight is 305 g/mol. The third-order valence-corrected chi connectivity index (χ3v) is 3.43. The van der Waals surface area contributed by atoms with Gasteiger partial charge >= 0.3 is 6.01 Å². The first-order valence-electron chi connectivity index (χ1n) is 6.13. The lowest BCUT2D eigenvalue weighted by atomic mass is 10.2. The molecule has 21 heavy (non-hydrogen) atoms. The van der Waals surface area contributed by atoms with Crippen LogP contribution in [-0.4, -0.2) is 30.0 Å². The summed E-state index contributed by atoms with van der Waals surface area (Å²) in [6.45, 7) is 1.54. The molecule has 2 rings (SSSR count). The van der Waals surface area contributed by atoms with Crippen LogP contribution >= 0.6 is 11.9 Å². The third-order valence-electron chi connectivity index (χ3n) is 2.61. The van der Waals surface area contributed by atoms with Gasteiger partial charge in [-0.2, -0.15) is 9.97 Å². The Morgan fingerprint density at radius 2 is 1.86 bits per heavy atom. The van der Waals surface area contributed by atoms with E-state index in [9.17, 15) is 4.79 Å². The van der Waals surface area contributed by atoms with Gasteiger partial charge in [-0.1, -0.05) is 12.1 Å². The summed E-state index contributed by atoms with van der Waals surface area (Å²) in [5.74, 6) is 1.03. The van der Waals surface area contributed by atoms with Crippen molar-refractivity contribution < 1.29 is 14.3 Å². The van der Waals surface area contributed by atoms with Crippen LogP contribution in [0.15, 0.2) is 35.2 Å². The lowest BCUT2D eigenvalue weighted by molar-refractivity contribution is 0.101. The number of ether oxygens (including phenoxy) is 2. The van der Waals surface area contributed by atoms with Gasteiger partial charge in [0.25, 0.3) is 0 Å². The van der Waals surface area contributed by atoms with Crippen LogP contribution in [0.1, 0.15) is 17.3 Å². The number of hydrogen-bond acceptors (Lipinski definition) is 7. The SMILES string of the molecule is COc1cc(NSc2ccc(C(C)=O)cc2)nc(OC)n1. The van der Waals surface area contributed by atoms with E-state index >= 15 is 0 Å². The Hall–Kier alpha value is -2.28. The number of nitrogens with one attached hydrogen (secondary N) is 1. The van der Waals surface area contributed by atoms with Crippen LogP contribution in [0.2, 0.25) is 0 Å². The molecule has 0 atom stereocenters. The second-order valence-electron chi connectivity index (χ2n) is 4.07. The number of ketones is 1. The molecule has 0 saturated carbocycles. The minimum Gasteiger partial charge on any atom is -0.481 e. The topological polar surface area (TPSA) is 73.3 Å². The van der Waals surface area contributed by atoms with Crippen molar-refractivity contribution in [2.45, 2.75) is 11.8 Å². The van der Waals surface area contributed by atoms with Crippen LogP contribution < -0.4 is 14.2 Å². The fourth-order valence-electron chi connectivity index (χ4n) is 1.52. The predicted molar refractivity (Wildman–Crippen MR) is 81.1 cm³/mol. The lowest BCUT2D eigenvalue weighted by Crippen LogP contribution is -1.99. The van der Waals surface area contributed by atoms with Gasteiger partial charge in [-0.15, -0.1) is 0 Å². The highest BCUT2D eigenvalue weighted by Gasteiger charge is 2.06. The average Bonchev–Trinajstić information content (AvgIpc) is 2.52. The van der Waals surface area contributed by atoms with E-state index in [0.717, 1.165) is 4.90 Å². The molecule has 6 nitrogen and oxygen atoms in total. The first-order chi connectivity index (χ1) is 10.1. The highest BCUT2D eigenvalue weighted by molar-refractivity contribution is 8.00. The maximum absolute atomic E-state index is 11.2. The summed E-state index contributed by atoms with van der Waals surface area (Å²) < 4.78 is 13.2. The highest BCUT2D eigenvalue weighted by atomic mass is 32.2. The van der Waals surface area contributed by atoms with Gasteiger partial charge in [0.1, 0.15) is 5.82 Å². The molecule has 0 amide bonds. The van der Waals surface area contributed by atoms with Crippen LogP contribution in [0.5, 0.6) is 11.9 Å². The van der Waals surface area contributed by atoms with Gasteiger partial charge in [-0.3, -0.25) is 4.79 Å². The van der Waals surface area contributed by atoms with E-state index in [1.165, 1.54) is 26.2 Å². The van der Waals surface area contributed by atoms with Gasteiger partial charge in [-0.05, 0) is 31.0 Å². The molecule has 0 spiro atoms. The van der Waals surface area contributed by atoms with Crippen molar-refractivity contribution in [2.75, 3.05) is 18.9 Å². The summed E-state index contributed by atoms with van der Waals surface area (Å²) in [5, 5.41) is 0. The van der Waals surface area contributed by atoms with Crippen molar-refractivity contribution in [3.05, 3.63) is 35.9 Å². The number of anilines is 1. The maximum atomic E-state index is 11.2. The molecule has 1 heterocycles. The zero-order chi connectivity index (χ0) is 15.2. The monoisotopic (exact) mass is 305 g/mol. The van der Waals surface area contributed by atoms with Gasteiger partial charge in [0, 0.05) is 16.5 Å². The van der Waals surface area contributed by atoms with Crippen molar-refractivity contribution >= 4 is 23.5 Å². The third kappa shape index (κ3) is 4.09. The molecule has 7 heteroatoms. The Kier molecular flexibility index (Phi) is 4.99. The molecule has 1 aromatic carbocycles. The molecule has 0 saturated heterocycles. The molecule has 0 aliphatic carbocycles. The molecule has 1 N–H and O–H groups in total. The Morgan fingerprint density at radius 1 is 1.14 bits per heavy atom. The fraction of sp³-hybridized carbons (Fsp3) is 0.214. The van der Waals surface area contributed by atoms with Crippen molar-refractivity contribution in [1.82, 2.24) is 9.97 Å². The first kappa shape index (κ1) is 15.1. The van der Waals surface area contributed by atoms with E-state index in [1.807, 2.05) is 12.1 Å². The predicted octanol–water partition coefficient (Wildman–Crippen LogP) is 2.82. The largest absolute Gasteiger partial charge is 0.481 e. The second-order valence-corrected chi connectivity index (χ2v) is 4.95. The number of methoxy groups -OCH3 is 2. The summed E-state index contributed by atoms with van der Waals surface area (Å²) in [7, 11) is 3.02. The van der Waals surface area contributed by atoms with E-state index in [4.69, 9.17) is 9.47 Å². The van der Waals surface area contributed by atoms with Crippen LogP contribution in [0.25, 0.3) is 0 Å². The summed E-state index contributed by atoms with van der Waals surface area (Å²) in [5.41, 5.74) is 0.685. The lowest BCUT2D eigenvalue weighted by Gasteiger charge is -2.08. The molecule has 0 fully saturated rings. The Labute approximate surface area is 127 Å². The number of Topliss-reactive ketones (excluding diaryl/α,β-unsaturated/α-hetero) is 1. The number of rotatable bonds is 6. The molecule has 0 aliphatic heterocycles. The van der Waals surface area contributed by atoms with Crippen molar-refractivity contribution in [1.29, 1.82) is 0 Å². The van der Waals surface area contributed by atoms with Crippen LogP contribution in [0.4, 0.5) is 5.82 Å². The van der Waals surface area contributed by atoms with Crippen molar-refractivity contribution in [3.8, 4) is 11.9 Å². The van der Waals surface area contributed by atoms with E-state index < -0.39 is 0 Å². The van der Waals surface area contributed by atoms with Gasteiger partial charge in [0.05, 0.1) is 14.2 Å².